The van der Waals surface area contributed by atoms with Crippen molar-refractivity contribution in [3.8, 4) is 0 Å². The van der Waals surface area contributed by atoms with Crippen LogP contribution >= 0.6 is 0 Å². The molecule has 0 atom stereocenters. The Morgan fingerprint density at radius 3 is 2.43 bits per heavy atom. The molecule has 3 nitrogen and oxygen atoms in total. The molecule has 0 saturated carbocycles. The first-order valence-corrected chi connectivity index (χ1v) is 2.59. The van der Waals surface area contributed by atoms with Gasteiger partial charge in [-0.1, -0.05) is 0 Å². The van der Waals surface area contributed by atoms with Crippen molar-refractivity contribution in [1.29, 1.82) is 0 Å². The summed E-state index contributed by atoms with van der Waals surface area (Å²) < 4.78 is 0. The van der Waals surface area contributed by atoms with Crippen molar-refractivity contribution in [2.24, 2.45) is 5.84 Å². The maximum Gasteiger partial charge on any atom is 0.0612 e. The van der Waals surface area contributed by atoms with Gasteiger partial charge in [0, 0.05) is 13.1 Å². The zero-order chi connectivity index (χ0) is 5.11. The molecular weight excluding hydrogens is 90.1 g/mol. The van der Waals surface area contributed by atoms with E-state index in [1.807, 2.05) is 0 Å². The lowest BCUT2D eigenvalue weighted by molar-refractivity contribution is 0.167. The van der Waals surface area contributed by atoms with E-state index in [0.29, 0.717) is 0 Å². The van der Waals surface area contributed by atoms with Crippen LogP contribution in [0.3, 0.4) is 0 Å². The Hall–Kier alpha value is -0.120. The molecule has 1 saturated heterocycles. The Morgan fingerprint density at radius 1 is 1.57 bits per heavy atom. The zero-order valence-electron chi connectivity index (χ0n) is 4.35. The van der Waals surface area contributed by atoms with Gasteiger partial charge in [0.1, 0.15) is 0 Å². The fourth-order valence-electron chi connectivity index (χ4n) is 0.669. The highest BCUT2D eigenvalue weighted by Crippen LogP contribution is 2.01. The van der Waals surface area contributed by atoms with E-state index in [2.05, 4.69) is 10.3 Å². The quantitative estimate of drug-likeness (QED) is 0.350. The third kappa shape index (κ3) is 1.12. The van der Waals surface area contributed by atoms with E-state index in [1.54, 1.807) is 0 Å². The van der Waals surface area contributed by atoms with Gasteiger partial charge in [0.15, 0.2) is 0 Å². The molecule has 1 heterocycles. The Bertz CT molecular complexity index is 50.9. The molecule has 1 fully saturated rings. The number of hydrogen-bond donors (Lipinski definition) is 2. The molecule has 42 valence electrons. The standard InChI is InChI=1S/C4H11N3/c5-6-4-7-2-1-3-7/h6H,1-5H2. The van der Waals surface area contributed by atoms with E-state index in [0.717, 1.165) is 6.67 Å². The average molecular weight is 101 g/mol. The minimum absolute atomic E-state index is 0.847. The molecule has 3 heteroatoms. The lowest BCUT2D eigenvalue weighted by Crippen LogP contribution is -2.45. The summed E-state index contributed by atoms with van der Waals surface area (Å²) in [6, 6.07) is 0. The second-order valence-corrected chi connectivity index (χ2v) is 1.83. The number of hydrazine groups is 1. The average Bonchev–Trinajstić information content (AvgIpc) is 1.55. The van der Waals surface area contributed by atoms with Gasteiger partial charge < -0.3 is 0 Å². The third-order valence-electron chi connectivity index (χ3n) is 1.26. The first-order valence-electron chi connectivity index (χ1n) is 2.59. The molecule has 0 aromatic carbocycles. The highest BCUT2D eigenvalue weighted by atomic mass is 15.3. The van der Waals surface area contributed by atoms with Crippen LogP contribution in [0.1, 0.15) is 6.42 Å². The Kier molecular flexibility index (Phi) is 1.62. The number of nitrogens with one attached hydrogen (secondary N) is 1. The first-order chi connectivity index (χ1) is 3.43. The van der Waals surface area contributed by atoms with E-state index in [9.17, 15) is 0 Å². The van der Waals surface area contributed by atoms with Crippen LogP contribution in [-0.4, -0.2) is 24.7 Å². The summed E-state index contributed by atoms with van der Waals surface area (Å²) in [5, 5.41) is 0. The fourth-order valence-corrected chi connectivity index (χ4v) is 0.669. The van der Waals surface area contributed by atoms with Gasteiger partial charge in [-0.3, -0.25) is 10.7 Å². The predicted molar refractivity (Wildman–Crippen MR) is 28.4 cm³/mol. The van der Waals surface area contributed by atoms with Crippen molar-refractivity contribution in [2.45, 2.75) is 6.42 Å². The topological polar surface area (TPSA) is 41.3 Å². The van der Waals surface area contributed by atoms with Crippen LogP contribution in [0.15, 0.2) is 0 Å². The van der Waals surface area contributed by atoms with Crippen LogP contribution in [0.5, 0.6) is 0 Å². The minimum atomic E-state index is 0.847. The van der Waals surface area contributed by atoms with Crippen molar-refractivity contribution in [1.82, 2.24) is 10.3 Å². The molecule has 0 aromatic rings. The van der Waals surface area contributed by atoms with Crippen LogP contribution in [0.2, 0.25) is 0 Å². The second-order valence-electron chi connectivity index (χ2n) is 1.83. The third-order valence-corrected chi connectivity index (χ3v) is 1.26. The summed E-state index contributed by atoms with van der Waals surface area (Å²) >= 11 is 0. The van der Waals surface area contributed by atoms with Gasteiger partial charge in [-0.15, -0.1) is 0 Å². The van der Waals surface area contributed by atoms with Gasteiger partial charge in [-0.2, -0.15) is 0 Å². The second kappa shape index (κ2) is 2.26. The Morgan fingerprint density at radius 2 is 2.29 bits per heavy atom. The summed E-state index contributed by atoms with van der Waals surface area (Å²) in [4.78, 5) is 2.25. The lowest BCUT2D eigenvalue weighted by Gasteiger charge is -2.29. The van der Waals surface area contributed by atoms with E-state index < -0.39 is 0 Å². The molecule has 0 spiro atoms. The van der Waals surface area contributed by atoms with Gasteiger partial charge in [0.05, 0.1) is 6.67 Å². The van der Waals surface area contributed by atoms with Crippen LogP contribution in [0.4, 0.5) is 0 Å². The predicted octanol–water partition coefficient (Wildman–Crippen LogP) is -0.887. The molecule has 1 rings (SSSR count). The van der Waals surface area contributed by atoms with Gasteiger partial charge >= 0.3 is 0 Å². The zero-order valence-corrected chi connectivity index (χ0v) is 4.35. The Labute approximate surface area is 43.4 Å². The fraction of sp³-hybridized carbons (Fsp3) is 1.00. The number of likely N-dealkylation sites (tertiary alicyclic amines) is 1. The summed E-state index contributed by atoms with van der Waals surface area (Å²) in [6.07, 6.45) is 1.34. The molecule has 0 amide bonds. The van der Waals surface area contributed by atoms with E-state index in [4.69, 9.17) is 5.84 Å². The molecule has 3 N–H and O–H groups in total. The van der Waals surface area contributed by atoms with E-state index >= 15 is 0 Å². The summed E-state index contributed by atoms with van der Waals surface area (Å²) in [5.74, 6) is 5.05. The number of nitrogens with two attached hydrogens (primary N) is 1. The molecule has 7 heavy (non-hydrogen) atoms. The first kappa shape index (κ1) is 5.03. The maximum atomic E-state index is 5.05. The van der Waals surface area contributed by atoms with Crippen LogP contribution in [-0.2, 0) is 0 Å². The van der Waals surface area contributed by atoms with E-state index in [-0.39, 0.29) is 0 Å². The Balaban J connectivity index is 1.93. The lowest BCUT2D eigenvalue weighted by atomic mass is 10.2. The monoisotopic (exact) mass is 101 g/mol. The largest absolute Gasteiger partial charge is 0.290 e. The molecule has 1 aliphatic heterocycles. The molecule has 0 bridgehead atoms. The van der Waals surface area contributed by atoms with Crippen molar-refractivity contribution in [3.63, 3.8) is 0 Å². The van der Waals surface area contributed by atoms with Crippen molar-refractivity contribution in [2.75, 3.05) is 19.8 Å². The van der Waals surface area contributed by atoms with Gasteiger partial charge in [0.25, 0.3) is 0 Å². The molecule has 0 aliphatic carbocycles. The van der Waals surface area contributed by atoms with Gasteiger partial charge in [-0.05, 0) is 6.42 Å². The van der Waals surface area contributed by atoms with Crippen LogP contribution in [0, 0.1) is 0 Å². The number of nitrogens with zero attached hydrogens (tertiary/aromatic N) is 1. The highest BCUT2D eigenvalue weighted by molar-refractivity contribution is 4.65. The molecule has 1 aliphatic rings. The molecule has 0 unspecified atom stereocenters. The maximum absolute atomic E-state index is 5.05. The normalized spacial score (nSPS) is 21.9. The van der Waals surface area contributed by atoms with Gasteiger partial charge in [-0.25, -0.2) is 5.43 Å². The van der Waals surface area contributed by atoms with Crippen molar-refractivity contribution >= 4 is 0 Å². The van der Waals surface area contributed by atoms with Gasteiger partial charge in [0.2, 0.25) is 0 Å². The summed E-state index contributed by atoms with van der Waals surface area (Å²) in [6.45, 7) is 3.27. The molecule has 0 radical (unpaired) electrons. The summed E-state index contributed by atoms with van der Waals surface area (Å²) in [5.41, 5.74) is 2.60. The van der Waals surface area contributed by atoms with Crippen molar-refractivity contribution < 1.29 is 0 Å². The molecule has 0 aromatic heterocycles. The SMILES string of the molecule is NNCN1CCC1. The highest BCUT2D eigenvalue weighted by Gasteiger charge is 2.10. The van der Waals surface area contributed by atoms with E-state index in [1.165, 1.54) is 19.5 Å². The summed E-state index contributed by atoms with van der Waals surface area (Å²) in [7, 11) is 0. The minimum Gasteiger partial charge on any atom is -0.290 e. The van der Waals surface area contributed by atoms with Crippen molar-refractivity contribution in [3.05, 3.63) is 0 Å². The van der Waals surface area contributed by atoms with Crippen LogP contribution < -0.4 is 11.3 Å². The number of hydrogen-bond acceptors (Lipinski definition) is 3. The molecular formula is C4H11N3. The number of rotatable bonds is 2. The van der Waals surface area contributed by atoms with Crippen LogP contribution in [0.25, 0.3) is 0 Å². The smallest absolute Gasteiger partial charge is 0.0612 e.